The maximum Gasteiger partial charge on any atom is 0.179 e. The lowest BCUT2D eigenvalue weighted by Gasteiger charge is -1.78. The van der Waals surface area contributed by atoms with Gasteiger partial charge in [0, 0.05) is 0 Å². The van der Waals surface area contributed by atoms with Crippen molar-refractivity contribution in [1.82, 2.24) is 19.6 Å². The van der Waals surface area contributed by atoms with Gasteiger partial charge in [0.1, 0.15) is 6.33 Å². The summed E-state index contributed by atoms with van der Waals surface area (Å²) in [5.41, 5.74) is 2.64. The first-order valence-electron chi connectivity index (χ1n) is 2.43. The molecule has 0 atom stereocenters. The molecule has 0 fully saturated rings. The SMILES string of the molecule is [c]1nnc(-c2ncns2)s1. The number of nitrogens with zero attached hydrogens (tertiary/aromatic N) is 4. The molecule has 2 aromatic heterocycles. The highest BCUT2D eigenvalue weighted by Crippen LogP contribution is 2.19. The van der Waals surface area contributed by atoms with Gasteiger partial charge in [-0.3, -0.25) is 0 Å². The molecule has 2 heterocycles. The maximum absolute atomic E-state index is 3.95. The fraction of sp³-hybridized carbons (Fsp3) is 0. The number of aromatic nitrogens is 4. The zero-order valence-electron chi connectivity index (χ0n) is 4.68. The van der Waals surface area contributed by atoms with E-state index < -0.39 is 0 Å². The van der Waals surface area contributed by atoms with Gasteiger partial charge >= 0.3 is 0 Å². The molecule has 0 N–H and O–H groups in total. The normalized spacial score (nSPS) is 10.0. The van der Waals surface area contributed by atoms with Crippen molar-refractivity contribution < 1.29 is 0 Å². The van der Waals surface area contributed by atoms with Gasteiger partial charge in [0.25, 0.3) is 0 Å². The molecular weight excluding hydrogens is 168 g/mol. The zero-order valence-corrected chi connectivity index (χ0v) is 6.32. The first kappa shape index (κ1) is 5.87. The Morgan fingerprint density at radius 3 is 3.00 bits per heavy atom. The second-order valence-electron chi connectivity index (χ2n) is 1.44. The third-order valence-electron chi connectivity index (χ3n) is 0.868. The van der Waals surface area contributed by atoms with Gasteiger partial charge in [-0.25, -0.2) is 4.98 Å². The van der Waals surface area contributed by atoms with Crippen LogP contribution in [0.1, 0.15) is 0 Å². The predicted octanol–water partition coefficient (Wildman–Crippen LogP) is 0.857. The second kappa shape index (κ2) is 2.39. The summed E-state index contributed by atoms with van der Waals surface area (Å²) < 4.78 is 3.83. The summed E-state index contributed by atoms with van der Waals surface area (Å²) in [4.78, 5) is 3.95. The average Bonchev–Trinajstić information content (AvgIpc) is 2.59. The number of hydrogen-bond donors (Lipinski definition) is 0. The van der Waals surface area contributed by atoms with Crippen LogP contribution in [0.2, 0.25) is 0 Å². The summed E-state index contributed by atoms with van der Waals surface area (Å²) in [6, 6.07) is 0. The molecule has 0 aliphatic heterocycles. The minimum atomic E-state index is 0.780. The number of hydrogen-bond acceptors (Lipinski definition) is 6. The zero-order chi connectivity index (χ0) is 6.81. The Kier molecular flexibility index (Phi) is 1.40. The van der Waals surface area contributed by atoms with Gasteiger partial charge in [-0.15, -0.1) is 10.2 Å². The average molecular weight is 169 g/mol. The van der Waals surface area contributed by atoms with E-state index in [1.165, 1.54) is 29.2 Å². The Bertz CT molecular complexity index is 255. The Hall–Kier alpha value is -0.880. The van der Waals surface area contributed by atoms with E-state index in [4.69, 9.17) is 0 Å². The summed E-state index contributed by atoms with van der Waals surface area (Å²) in [6.45, 7) is 0. The molecule has 49 valence electrons. The van der Waals surface area contributed by atoms with Crippen LogP contribution in [0, 0.1) is 5.51 Å². The monoisotopic (exact) mass is 169 g/mol. The molecule has 0 bridgehead atoms. The van der Waals surface area contributed by atoms with E-state index in [1.54, 1.807) is 0 Å². The van der Waals surface area contributed by atoms with Crippen LogP contribution in [0.15, 0.2) is 6.33 Å². The van der Waals surface area contributed by atoms with Crippen molar-refractivity contribution in [2.75, 3.05) is 0 Å². The molecular formula is C4HN4S2. The van der Waals surface area contributed by atoms with E-state index in [2.05, 4.69) is 25.1 Å². The molecule has 4 nitrogen and oxygen atoms in total. The topological polar surface area (TPSA) is 51.6 Å². The first-order valence-corrected chi connectivity index (χ1v) is 4.02. The Morgan fingerprint density at radius 2 is 2.40 bits per heavy atom. The molecule has 1 radical (unpaired) electrons. The molecule has 0 aliphatic carbocycles. The molecule has 0 aromatic carbocycles. The highest BCUT2D eigenvalue weighted by Gasteiger charge is 2.03. The van der Waals surface area contributed by atoms with Gasteiger partial charge in [0.2, 0.25) is 0 Å². The van der Waals surface area contributed by atoms with Crippen molar-refractivity contribution in [3.63, 3.8) is 0 Å². The number of rotatable bonds is 1. The van der Waals surface area contributed by atoms with E-state index in [0.29, 0.717) is 0 Å². The van der Waals surface area contributed by atoms with Crippen LogP contribution < -0.4 is 0 Å². The molecule has 0 saturated heterocycles. The summed E-state index contributed by atoms with van der Waals surface area (Å²) in [5.74, 6) is 0. The van der Waals surface area contributed by atoms with Crippen molar-refractivity contribution in [3.8, 4) is 10.0 Å². The van der Waals surface area contributed by atoms with Gasteiger partial charge < -0.3 is 0 Å². The summed E-state index contributed by atoms with van der Waals surface area (Å²) in [7, 11) is 0. The van der Waals surface area contributed by atoms with Gasteiger partial charge in [0.05, 0.1) is 0 Å². The molecule has 0 saturated carbocycles. The lowest BCUT2D eigenvalue weighted by Crippen LogP contribution is -1.71. The minimum absolute atomic E-state index is 0.780. The van der Waals surface area contributed by atoms with Crippen molar-refractivity contribution in [1.29, 1.82) is 0 Å². The van der Waals surface area contributed by atoms with Crippen molar-refractivity contribution in [2.24, 2.45) is 0 Å². The second-order valence-corrected chi connectivity index (χ2v) is 3.00. The lowest BCUT2D eigenvalue weighted by atomic mass is 10.7. The molecule has 0 amide bonds. The van der Waals surface area contributed by atoms with Crippen LogP contribution >= 0.6 is 22.9 Å². The summed E-state index contributed by atoms with van der Waals surface area (Å²) >= 11 is 2.65. The van der Waals surface area contributed by atoms with Gasteiger partial charge in [-0.05, 0) is 11.5 Å². The summed E-state index contributed by atoms with van der Waals surface area (Å²) in [5, 5.41) is 8.92. The van der Waals surface area contributed by atoms with Gasteiger partial charge in [-0.1, -0.05) is 11.3 Å². The largest absolute Gasteiger partial charge is 0.220 e. The maximum atomic E-state index is 3.95. The molecule has 10 heavy (non-hydrogen) atoms. The summed E-state index contributed by atoms with van der Waals surface area (Å²) in [6.07, 6.45) is 1.50. The highest BCUT2D eigenvalue weighted by molar-refractivity contribution is 7.17. The van der Waals surface area contributed by atoms with Crippen molar-refractivity contribution >= 4 is 22.9 Å². The van der Waals surface area contributed by atoms with Crippen LogP contribution in [0.25, 0.3) is 10.0 Å². The van der Waals surface area contributed by atoms with Crippen LogP contribution in [-0.4, -0.2) is 19.6 Å². The molecule has 6 heteroatoms. The van der Waals surface area contributed by atoms with Crippen LogP contribution in [0.3, 0.4) is 0 Å². The molecule has 2 rings (SSSR count). The smallest absolute Gasteiger partial charge is 0.179 e. The van der Waals surface area contributed by atoms with Crippen molar-refractivity contribution in [3.05, 3.63) is 11.8 Å². The quantitative estimate of drug-likeness (QED) is 0.635. The van der Waals surface area contributed by atoms with E-state index in [1.807, 2.05) is 0 Å². The fourth-order valence-electron chi connectivity index (χ4n) is 0.504. The Labute approximate surface area is 64.8 Å². The van der Waals surface area contributed by atoms with Gasteiger partial charge in [0.15, 0.2) is 15.5 Å². The third kappa shape index (κ3) is 0.910. The van der Waals surface area contributed by atoms with Gasteiger partial charge in [-0.2, -0.15) is 4.37 Å². The standard InChI is InChI=1S/C4HN4S2/c1-5-3(10-7-1)4-8-6-2-9-4/h1H. The molecule has 0 spiro atoms. The van der Waals surface area contributed by atoms with E-state index >= 15 is 0 Å². The first-order chi connectivity index (χ1) is 4.97. The highest BCUT2D eigenvalue weighted by atomic mass is 32.1. The fourth-order valence-corrected chi connectivity index (χ4v) is 1.54. The molecule has 0 aliphatic rings. The molecule has 0 unspecified atom stereocenters. The predicted molar refractivity (Wildman–Crippen MR) is 37.6 cm³/mol. The van der Waals surface area contributed by atoms with E-state index in [-0.39, 0.29) is 0 Å². The lowest BCUT2D eigenvalue weighted by molar-refractivity contribution is 1.09. The van der Waals surface area contributed by atoms with Crippen LogP contribution in [-0.2, 0) is 0 Å². The Balaban J connectivity index is 2.48. The van der Waals surface area contributed by atoms with Crippen LogP contribution in [0.5, 0.6) is 0 Å². The molecule has 2 aromatic rings. The van der Waals surface area contributed by atoms with E-state index in [0.717, 1.165) is 10.0 Å². The Morgan fingerprint density at radius 1 is 1.40 bits per heavy atom. The van der Waals surface area contributed by atoms with E-state index in [9.17, 15) is 0 Å². The van der Waals surface area contributed by atoms with Crippen molar-refractivity contribution in [2.45, 2.75) is 0 Å². The van der Waals surface area contributed by atoms with Crippen LogP contribution in [0.4, 0.5) is 0 Å². The minimum Gasteiger partial charge on any atom is -0.220 e. The third-order valence-corrected chi connectivity index (χ3v) is 2.31.